The fraction of sp³-hybridized carbons (Fsp3) is 0.190. The van der Waals surface area contributed by atoms with Gasteiger partial charge in [-0.05, 0) is 35.4 Å². The van der Waals surface area contributed by atoms with E-state index in [1.54, 1.807) is 13.0 Å². The highest BCUT2D eigenvalue weighted by molar-refractivity contribution is 6.09. The second kappa shape index (κ2) is 6.53. The monoisotopic (exact) mass is 378 g/mol. The maximum Gasteiger partial charge on any atom is 0.373 e. The van der Waals surface area contributed by atoms with Crippen molar-refractivity contribution in [2.75, 3.05) is 7.11 Å². The number of furan rings is 1. The number of hydrogen-bond acceptors (Lipinski definition) is 5. The lowest BCUT2D eigenvalue weighted by Gasteiger charge is -2.24. The first-order valence-corrected chi connectivity index (χ1v) is 8.73. The average molecular weight is 378 g/mol. The topological polar surface area (TPSA) is 88.9 Å². The van der Waals surface area contributed by atoms with Crippen LogP contribution in [0, 0.1) is 0 Å². The molecular weight excluding hydrogens is 360 g/mol. The van der Waals surface area contributed by atoms with Crippen molar-refractivity contribution >= 4 is 28.7 Å². The molecule has 28 heavy (non-hydrogen) atoms. The molecule has 7 nitrogen and oxygen atoms in total. The van der Waals surface area contributed by atoms with Crippen LogP contribution < -0.4 is 5.32 Å². The van der Waals surface area contributed by atoms with Gasteiger partial charge in [0.05, 0.1) is 13.7 Å². The summed E-state index contributed by atoms with van der Waals surface area (Å²) < 4.78 is 9.99. The molecule has 1 saturated heterocycles. The highest BCUT2D eigenvalue weighted by atomic mass is 16.5. The van der Waals surface area contributed by atoms with Crippen LogP contribution in [0.2, 0.25) is 0 Å². The van der Waals surface area contributed by atoms with Crippen LogP contribution in [0.3, 0.4) is 0 Å². The summed E-state index contributed by atoms with van der Waals surface area (Å²) in [7, 11) is 1.25. The van der Waals surface area contributed by atoms with Crippen LogP contribution in [0.15, 0.2) is 59.0 Å². The standard InChI is InChI=1S/C21H18N2O5/c1-21(16-9-5-7-13-6-3-4-8-15(13)16)19(25)23(20(26)22-21)12-14-10-11-17(28-14)18(24)27-2/h3-11H,12H2,1-2H3,(H,22,26). The van der Waals surface area contributed by atoms with Gasteiger partial charge >= 0.3 is 12.0 Å². The Labute approximate surface area is 160 Å². The van der Waals surface area contributed by atoms with Gasteiger partial charge in [0.1, 0.15) is 11.3 Å². The van der Waals surface area contributed by atoms with Crippen molar-refractivity contribution in [2.45, 2.75) is 19.0 Å². The van der Waals surface area contributed by atoms with E-state index in [0.717, 1.165) is 21.2 Å². The van der Waals surface area contributed by atoms with Gasteiger partial charge in [-0.3, -0.25) is 9.69 Å². The predicted octanol–water partition coefficient (Wildman–Crippen LogP) is 3.19. The molecule has 2 aromatic carbocycles. The molecule has 1 fully saturated rings. The van der Waals surface area contributed by atoms with Gasteiger partial charge in [0.2, 0.25) is 5.76 Å². The quantitative estimate of drug-likeness (QED) is 0.556. The first kappa shape index (κ1) is 17.8. The van der Waals surface area contributed by atoms with Gasteiger partial charge in [-0.15, -0.1) is 0 Å². The lowest BCUT2D eigenvalue weighted by atomic mass is 9.88. The Morgan fingerprint density at radius 2 is 1.86 bits per heavy atom. The number of rotatable bonds is 4. The van der Waals surface area contributed by atoms with E-state index in [4.69, 9.17) is 4.42 Å². The summed E-state index contributed by atoms with van der Waals surface area (Å²) in [5, 5.41) is 4.68. The zero-order valence-electron chi connectivity index (χ0n) is 15.4. The lowest BCUT2D eigenvalue weighted by molar-refractivity contribution is -0.131. The minimum Gasteiger partial charge on any atom is -0.463 e. The normalized spacial score (nSPS) is 19.1. The van der Waals surface area contributed by atoms with E-state index in [2.05, 4.69) is 10.1 Å². The van der Waals surface area contributed by atoms with Crippen LogP contribution in [0.5, 0.6) is 0 Å². The number of amides is 3. The summed E-state index contributed by atoms with van der Waals surface area (Å²) in [6.45, 7) is 1.61. The predicted molar refractivity (Wildman–Crippen MR) is 100 cm³/mol. The third kappa shape index (κ3) is 2.72. The minimum atomic E-state index is -1.20. The van der Waals surface area contributed by atoms with Crippen LogP contribution in [0.1, 0.15) is 28.8 Å². The maximum absolute atomic E-state index is 13.2. The van der Waals surface area contributed by atoms with Gasteiger partial charge < -0.3 is 14.5 Å². The van der Waals surface area contributed by atoms with Gasteiger partial charge in [-0.1, -0.05) is 42.5 Å². The number of ether oxygens (including phenoxy) is 1. The minimum absolute atomic E-state index is 0.0152. The number of nitrogens with zero attached hydrogens (tertiary/aromatic N) is 1. The molecule has 1 aliphatic heterocycles. The van der Waals surface area contributed by atoms with E-state index in [-0.39, 0.29) is 18.2 Å². The molecule has 3 amide bonds. The number of carbonyl (C=O) groups is 3. The highest BCUT2D eigenvalue weighted by Gasteiger charge is 2.49. The summed E-state index contributed by atoms with van der Waals surface area (Å²) in [6.07, 6.45) is 0. The Balaban J connectivity index is 1.66. The zero-order chi connectivity index (χ0) is 19.9. The first-order chi connectivity index (χ1) is 13.4. The van der Waals surface area contributed by atoms with Crippen molar-refractivity contribution in [3.05, 3.63) is 71.7 Å². The van der Waals surface area contributed by atoms with E-state index in [1.807, 2.05) is 42.5 Å². The Bertz CT molecular complexity index is 1100. The number of benzene rings is 2. The lowest BCUT2D eigenvalue weighted by Crippen LogP contribution is -2.41. The SMILES string of the molecule is COC(=O)c1ccc(CN2C(=O)NC(C)(c3cccc4ccccc34)C2=O)o1. The molecule has 0 radical (unpaired) electrons. The molecule has 0 aliphatic carbocycles. The van der Waals surface area contributed by atoms with Crippen molar-refractivity contribution in [3.63, 3.8) is 0 Å². The van der Waals surface area contributed by atoms with Crippen LogP contribution in [0.4, 0.5) is 4.79 Å². The zero-order valence-corrected chi connectivity index (χ0v) is 15.4. The molecule has 1 N–H and O–H groups in total. The Kier molecular flexibility index (Phi) is 4.15. The maximum atomic E-state index is 13.2. The van der Waals surface area contributed by atoms with Crippen molar-refractivity contribution in [1.29, 1.82) is 0 Å². The molecule has 142 valence electrons. The molecule has 3 aromatic rings. The van der Waals surface area contributed by atoms with E-state index >= 15 is 0 Å². The number of urea groups is 1. The number of carbonyl (C=O) groups excluding carboxylic acids is 3. The molecule has 1 atom stereocenters. The molecule has 0 spiro atoms. The summed E-state index contributed by atoms with van der Waals surface area (Å²) in [4.78, 5) is 38.4. The van der Waals surface area contributed by atoms with Crippen molar-refractivity contribution in [3.8, 4) is 0 Å². The fourth-order valence-corrected chi connectivity index (χ4v) is 3.51. The van der Waals surface area contributed by atoms with Gasteiger partial charge in [0.15, 0.2) is 0 Å². The van der Waals surface area contributed by atoms with Gasteiger partial charge in [0.25, 0.3) is 5.91 Å². The third-order valence-electron chi connectivity index (χ3n) is 4.97. The number of esters is 1. The third-order valence-corrected chi connectivity index (χ3v) is 4.97. The Morgan fingerprint density at radius 3 is 2.64 bits per heavy atom. The average Bonchev–Trinajstić information content (AvgIpc) is 3.26. The Hall–Kier alpha value is -3.61. The Morgan fingerprint density at radius 1 is 1.11 bits per heavy atom. The van der Waals surface area contributed by atoms with E-state index in [1.165, 1.54) is 13.2 Å². The number of fused-ring (bicyclic) bond motifs is 1. The smallest absolute Gasteiger partial charge is 0.373 e. The van der Waals surface area contributed by atoms with Gasteiger partial charge in [0, 0.05) is 0 Å². The van der Waals surface area contributed by atoms with Crippen LogP contribution in [-0.4, -0.2) is 29.9 Å². The summed E-state index contributed by atoms with van der Waals surface area (Å²) in [5.41, 5.74) is -0.475. The van der Waals surface area contributed by atoms with Gasteiger partial charge in [-0.2, -0.15) is 0 Å². The molecule has 1 aromatic heterocycles. The van der Waals surface area contributed by atoms with Crippen LogP contribution >= 0.6 is 0 Å². The van der Waals surface area contributed by atoms with Crippen LogP contribution in [-0.2, 0) is 21.6 Å². The number of methoxy groups -OCH3 is 1. The van der Waals surface area contributed by atoms with E-state index in [0.29, 0.717) is 5.76 Å². The van der Waals surface area contributed by atoms with Crippen molar-refractivity contribution in [1.82, 2.24) is 10.2 Å². The molecule has 7 heteroatoms. The molecule has 4 rings (SSSR count). The van der Waals surface area contributed by atoms with Crippen molar-refractivity contribution in [2.24, 2.45) is 0 Å². The second-order valence-electron chi connectivity index (χ2n) is 6.73. The number of imide groups is 1. The first-order valence-electron chi connectivity index (χ1n) is 8.73. The summed E-state index contributed by atoms with van der Waals surface area (Å²) >= 11 is 0. The molecule has 2 heterocycles. The highest BCUT2D eigenvalue weighted by Crippen LogP contribution is 2.34. The largest absolute Gasteiger partial charge is 0.463 e. The number of nitrogens with one attached hydrogen (secondary N) is 1. The molecular formula is C21H18N2O5. The molecule has 1 unspecified atom stereocenters. The van der Waals surface area contributed by atoms with E-state index in [9.17, 15) is 14.4 Å². The second-order valence-corrected chi connectivity index (χ2v) is 6.73. The van der Waals surface area contributed by atoms with Crippen LogP contribution in [0.25, 0.3) is 10.8 Å². The van der Waals surface area contributed by atoms with Gasteiger partial charge in [-0.25, -0.2) is 9.59 Å². The fourth-order valence-electron chi connectivity index (χ4n) is 3.51. The van der Waals surface area contributed by atoms with Crippen molar-refractivity contribution < 1.29 is 23.5 Å². The molecule has 1 aliphatic rings. The summed E-state index contributed by atoms with van der Waals surface area (Å²) in [5.74, 6) is -0.679. The van der Waals surface area contributed by atoms with E-state index < -0.39 is 17.5 Å². The molecule has 0 saturated carbocycles. The number of hydrogen-bond donors (Lipinski definition) is 1. The summed E-state index contributed by atoms with van der Waals surface area (Å²) in [6, 6.07) is 15.8. The molecule has 0 bridgehead atoms.